The standard InChI is InChI=1S/C20H33N3O2/c1-21-9-10-22(13-18-12-16-3-4-17(18)11-16)15-20(21)5-7-23(8-6-20)19(24)14-25-2/h3-4,16-18H,5-15H2,1-2H3/t16-,17+,18+/m0/s1. The van der Waals surface area contributed by atoms with Crippen LogP contribution in [-0.2, 0) is 9.53 Å². The Labute approximate surface area is 152 Å². The van der Waals surface area contributed by atoms with Crippen LogP contribution in [-0.4, -0.2) is 86.2 Å². The summed E-state index contributed by atoms with van der Waals surface area (Å²) >= 11 is 0. The summed E-state index contributed by atoms with van der Waals surface area (Å²) in [6, 6.07) is 0. The van der Waals surface area contributed by atoms with Gasteiger partial charge >= 0.3 is 0 Å². The van der Waals surface area contributed by atoms with Crippen LogP contribution in [0.4, 0.5) is 0 Å². The van der Waals surface area contributed by atoms with Crippen molar-refractivity contribution in [2.24, 2.45) is 17.8 Å². The van der Waals surface area contributed by atoms with E-state index in [0.717, 1.165) is 50.2 Å². The number of hydrogen-bond donors (Lipinski definition) is 0. The van der Waals surface area contributed by atoms with Crippen molar-refractivity contribution in [3.05, 3.63) is 12.2 Å². The summed E-state index contributed by atoms with van der Waals surface area (Å²) in [7, 11) is 3.88. The molecular weight excluding hydrogens is 314 g/mol. The molecule has 4 rings (SSSR count). The largest absolute Gasteiger partial charge is 0.375 e. The number of likely N-dealkylation sites (tertiary alicyclic amines) is 1. The van der Waals surface area contributed by atoms with E-state index in [4.69, 9.17) is 4.74 Å². The van der Waals surface area contributed by atoms with Gasteiger partial charge in [-0.05, 0) is 50.5 Å². The SMILES string of the molecule is COCC(=O)N1CCC2(CC1)CN(C[C@H]1C[C@H]3C=C[C@@H]1C3)CCN2C. The summed E-state index contributed by atoms with van der Waals surface area (Å²) in [5, 5.41) is 0. The first-order chi connectivity index (χ1) is 12.1. The molecule has 2 heterocycles. The molecule has 1 amide bonds. The van der Waals surface area contributed by atoms with E-state index in [2.05, 4.69) is 29.0 Å². The van der Waals surface area contributed by atoms with Crippen molar-refractivity contribution in [3.8, 4) is 0 Å². The maximum absolute atomic E-state index is 12.1. The lowest BCUT2D eigenvalue weighted by atomic mass is 9.83. The summed E-state index contributed by atoms with van der Waals surface area (Å²) in [5.74, 6) is 2.72. The van der Waals surface area contributed by atoms with Crippen LogP contribution in [0.15, 0.2) is 12.2 Å². The molecule has 0 aromatic carbocycles. The Kier molecular flexibility index (Phi) is 4.91. The maximum Gasteiger partial charge on any atom is 0.248 e. The number of allylic oxidation sites excluding steroid dienone is 2. The summed E-state index contributed by atoms with van der Waals surface area (Å²) < 4.78 is 5.02. The van der Waals surface area contributed by atoms with Crippen LogP contribution in [0, 0.1) is 17.8 Å². The number of likely N-dealkylation sites (N-methyl/N-ethyl adjacent to an activating group) is 1. The van der Waals surface area contributed by atoms with E-state index in [1.54, 1.807) is 7.11 Å². The van der Waals surface area contributed by atoms with Gasteiger partial charge in [0.1, 0.15) is 6.61 Å². The zero-order chi connectivity index (χ0) is 17.4. The minimum atomic E-state index is 0.140. The lowest BCUT2D eigenvalue weighted by Crippen LogP contribution is -2.65. The van der Waals surface area contributed by atoms with E-state index in [9.17, 15) is 4.79 Å². The number of carbonyl (C=O) groups excluding carboxylic acids is 1. The fourth-order valence-electron chi connectivity index (χ4n) is 5.66. The summed E-state index contributed by atoms with van der Waals surface area (Å²) in [6.07, 6.45) is 9.90. The average molecular weight is 348 g/mol. The fraction of sp³-hybridized carbons (Fsp3) is 0.850. The number of nitrogens with zero attached hydrogens (tertiary/aromatic N) is 3. The summed E-state index contributed by atoms with van der Waals surface area (Å²) in [4.78, 5) is 19.4. The van der Waals surface area contributed by atoms with Gasteiger partial charge in [0, 0.05) is 51.9 Å². The highest BCUT2D eigenvalue weighted by Gasteiger charge is 2.44. The molecule has 3 atom stereocenters. The van der Waals surface area contributed by atoms with Gasteiger partial charge in [-0.15, -0.1) is 0 Å². The number of fused-ring (bicyclic) bond motifs is 2. The Bertz CT molecular complexity index is 527. The number of amides is 1. The second-order valence-electron chi connectivity index (χ2n) is 8.74. The Balaban J connectivity index is 1.35. The Morgan fingerprint density at radius 2 is 1.96 bits per heavy atom. The first-order valence-corrected chi connectivity index (χ1v) is 9.98. The third-order valence-electron chi connectivity index (χ3n) is 7.30. The normalized spacial score (nSPS) is 35.0. The molecule has 3 fully saturated rings. The Morgan fingerprint density at radius 1 is 1.16 bits per heavy atom. The predicted molar refractivity (Wildman–Crippen MR) is 98.3 cm³/mol. The predicted octanol–water partition coefficient (Wildman–Crippen LogP) is 1.45. The molecule has 2 aliphatic carbocycles. The van der Waals surface area contributed by atoms with Gasteiger partial charge in [-0.25, -0.2) is 0 Å². The smallest absolute Gasteiger partial charge is 0.248 e. The molecule has 0 radical (unpaired) electrons. The van der Waals surface area contributed by atoms with Crippen molar-refractivity contribution in [3.63, 3.8) is 0 Å². The minimum Gasteiger partial charge on any atom is -0.375 e. The average Bonchev–Trinajstić information content (AvgIpc) is 3.22. The number of hydrogen-bond acceptors (Lipinski definition) is 4. The van der Waals surface area contributed by atoms with E-state index >= 15 is 0 Å². The molecule has 0 unspecified atom stereocenters. The van der Waals surface area contributed by atoms with Gasteiger partial charge in [0.05, 0.1) is 0 Å². The van der Waals surface area contributed by atoms with E-state index in [-0.39, 0.29) is 18.1 Å². The van der Waals surface area contributed by atoms with Crippen molar-refractivity contribution in [2.75, 3.05) is 60.0 Å². The number of rotatable bonds is 4. The molecule has 4 aliphatic rings. The molecule has 2 saturated heterocycles. The van der Waals surface area contributed by atoms with Crippen LogP contribution in [0.3, 0.4) is 0 Å². The fourth-order valence-corrected chi connectivity index (χ4v) is 5.66. The molecule has 140 valence electrons. The van der Waals surface area contributed by atoms with Crippen molar-refractivity contribution in [1.29, 1.82) is 0 Å². The van der Waals surface area contributed by atoms with E-state index in [1.165, 1.54) is 32.5 Å². The Morgan fingerprint density at radius 3 is 2.60 bits per heavy atom. The topological polar surface area (TPSA) is 36.0 Å². The van der Waals surface area contributed by atoms with Gasteiger partial charge in [-0.1, -0.05) is 12.2 Å². The lowest BCUT2D eigenvalue weighted by molar-refractivity contribution is -0.138. The van der Waals surface area contributed by atoms with Gasteiger partial charge in [0.2, 0.25) is 5.91 Å². The molecule has 5 heteroatoms. The van der Waals surface area contributed by atoms with Gasteiger partial charge in [-0.2, -0.15) is 0 Å². The van der Waals surface area contributed by atoms with Crippen LogP contribution in [0.2, 0.25) is 0 Å². The highest BCUT2D eigenvalue weighted by molar-refractivity contribution is 5.77. The van der Waals surface area contributed by atoms with Crippen LogP contribution in [0.25, 0.3) is 0 Å². The molecule has 2 bridgehead atoms. The number of piperidine rings is 1. The molecule has 1 saturated carbocycles. The van der Waals surface area contributed by atoms with Crippen LogP contribution in [0.5, 0.6) is 0 Å². The van der Waals surface area contributed by atoms with Crippen LogP contribution < -0.4 is 0 Å². The van der Waals surface area contributed by atoms with Crippen LogP contribution >= 0.6 is 0 Å². The van der Waals surface area contributed by atoms with Crippen molar-refractivity contribution >= 4 is 5.91 Å². The molecule has 0 aromatic heterocycles. The third kappa shape index (κ3) is 3.38. The monoisotopic (exact) mass is 347 g/mol. The minimum absolute atomic E-state index is 0.140. The van der Waals surface area contributed by atoms with Crippen molar-refractivity contribution in [2.45, 2.75) is 31.2 Å². The number of ether oxygens (including phenoxy) is 1. The number of methoxy groups -OCH3 is 1. The number of carbonyl (C=O) groups is 1. The molecule has 1 spiro atoms. The lowest BCUT2D eigenvalue weighted by Gasteiger charge is -2.53. The molecule has 5 nitrogen and oxygen atoms in total. The summed E-state index contributed by atoms with van der Waals surface area (Å²) in [6.45, 7) is 6.76. The second kappa shape index (κ2) is 7.01. The maximum atomic E-state index is 12.1. The highest BCUT2D eigenvalue weighted by Crippen LogP contribution is 2.44. The second-order valence-corrected chi connectivity index (χ2v) is 8.74. The van der Waals surface area contributed by atoms with Crippen molar-refractivity contribution < 1.29 is 9.53 Å². The van der Waals surface area contributed by atoms with Gasteiger partial charge in [0.25, 0.3) is 0 Å². The molecule has 0 aromatic rings. The van der Waals surface area contributed by atoms with E-state index < -0.39 is 0 Å². The van der Waals surface area contributed by atoms with Gasteiger partial charge in [0.15, 0.2) is 0 Å². The van der Waals surface area contributed by atoms with E-state index in [1.807, 2.05) is 4.90 Å². The van der Waals surface area contributed by atoms with Gasteiger partial charge < -0.3 is 9.64 Å². The quantitative estimate of drug-likeness (QED) is 0.722. The zero-order valence-corrected chi connectivity index (χ0v) is 15.8. The molecular formula is C20H33N3O2. The molecule has 25 heavy (non-hydrogen) atoms. The zero-order valence-electron chi connectivity index (χ0n) is 15.8. The Hall–Kier alpha value is -0.910. The van der Waals surface area contributed by atoms with Crippen LogP contribution in [0.1, 0.15) is 25.7 Å². The molecule has 2 aliphatic heterocycles. The highest BCUT2D eigenvalue weighted by atomic mass is 16.5. The third-order valence-corrected chi connectivity index (χ3v) is 7.30. The number of piperazine rings is 1. The summed E-state index contributed by atoms with van der Waals surface area (Å²) in [5.41, 5.74) is 0.259. The van der Waals surface area contributed by atoms with Gasteiger partial charge in [-0.3, -0.25) is 14.6 Å². The van der Waals surface area contributed by atoms with E-state index in [0.29, 0.717) is 0 Å². The first kappa shape index (κ1) is 17.5. The molecule has 0 N–H and O–H groups in total. The van der Waals surface area contributed by atoms with Crippen molar-refractivity contribution in [1.82, 2.24) is 14.7 Å². The first-order valence-electron chi connectivity index (χ1n) is 9.98.